The molecule has 30 heavy (non-hydrogen) atoms. The molecule has 0 fully saturated rings. The van der Waals surface area contributed by atoms with E-state index < -0.39 is 10.0 Å². The Hall–Kier alpha value is -2.09. The lowest BCUT2D eigenvalue weighted by atomic mass is 9.98. The molecule has 0 unspecified atom stereocenters. The molecule has 0 aliphatic heterocycles. The Bertz CT molecular complexity index is 1000. The molecule has 0 aliphatic rings. The van der Waals surface area contributed by atoms with Gasteiger partial charge in [-0.25, -0.2) is 13.1 Å². The highest BCUT2D eigenvalue weighted by Gasteiger charge is 2.17. The van der Waals surface area contributed by atoms with Crippen LogP contribution >= 0.6 is 11.6 Å². The third kappa shape index (κ3) is 6.45. The first-order chi connectivity index (χ1) is 14.0. The predicted molar refractivity (Wildman–Crippen MR) is 121 cm³/mol. The average molecular weight is 453 g/mol. The number of rotatable bonds is 9. The van der Waals surface area contributed by atoms with E-state index >= 15 is 0 Å². The minimum atomic E-state index is -3.65. The van der Waals surface area contributed by atoms with Crippen LogP contribution in [-0.2, 0) is 14.8 Å². The van der Waals surface area contributed by atoms with Crippen molar-refractivity contribution >= 4 is 33.2 Å². The van der Waals surface area contributed by atoms with Crippen LogP contribution in [0.1, 0.15) is 44.7 Å². The number of ether oxygens (including phenoxy) is 1. The number of anilines is 1. The molecule has 0 heterocycles. The maximum Gasteiger partial charge on any atom is 0.262 e. The number of hydrogen-bond acceptors (Lipinski definition) is 4. The minimum Gasteiger partial charge on any atom is -0.482 e. The van der Waals surface area contributed by atoms with E-state index in [1.165, 1.54) is 18.2 Å². The fraction of sp³-hybridized carbons (Fsp3) is 0.409. The highest BCUT2D eigenvalue weighted by Crippen LogP contribution is 2.29. The van der Waals surface area contributed by atoms with E-state index in [0.29, 0.717) is 6.54 Å². The van der Waals surface area contributed by atoms with E-state index in [-0.39, 0.29) is 40.0 Å². The number of hydrogen-bond donors (Lipinski definition) is 2. The Labute approximate surface area is 184 Å². The second-order valence-corrected chi connectivity index (χ2v) is 10.0. The Balaban J connectivity index is 2.06. The van der Waals surface area contributed by atoms with Crippen molar-refractivity contribution < 1.29 is 17.9 Å². The van der Waals surface area contributed by atoms with E-state index in [0.717, 1.165) is 16.8 Å². The van der Waals surface area contributed by atoms with E-state index in [9.17, 15) is 13.2 Å². The summed E-state index contributed by atoms with van der Waals surface area (Å²) in [6.07, 6.45) is 0. The van der Waals surface area contributed by atoms with Crippen molar-refractivity contribution in [3.05, 3.63) is 52.5 Å². The summed E-state index contributed by atoms with van der Waals surface area (Å²) in [5, 5.41) is 3.02. The molecule has 164 valence electrons. The fourth-order valence-electron chi connectivity index (χ4n) is 2.79. The molecule has 0 radical (unpaired) electrons. The number of amides is 1. The van der Waals surface area contributed by atoms with Crippen LogP contribution in [0.15, 0.2) is 41.3 Å². The van der Waals surface area contributed by atoms with Crippen LogP contribution in [0.25, 0.3) is 0 Å². The lowest BCUT2D eigenvalue weighted by Crippen LogP contribution is -2.27. The zero-order chi connectivity index (χ0) is 22.5. The summed E-state index contributed by atoms with van der Waals surface area (Å²) < 4.78 is 32.7. The van der Waals surface area contributed by atoms with Gasteiger partial charge in [-0.2, -0.15) is 0 Å². The molecule has 0 saturated heterocycles. The van der Waals surface area contributed by atoms with Crippen molar-refractivity contribution in [1.29, 1.82) is 0 Å². The molecule has 0 saturated carbocycles. The third-order valence-electron chi connectivity index (χ3n) is 4.45. The van der Waals surface area contributed by atoms with Crippen LogP contribution in [0, 0.1) is 12.8 Å². The first kappa shape index (κ1) is 24.2. The van der Waals surface area contributed by atoms with Crippen LogP contribution in [0.3, 0.4) is 0 Å². The topological polar surface area (TPSA) is 84.5 Å². The fourth-order valence-corrected chi connectivity index (χ4v) is 4.33. The number of carbonyl (C=O) groups is 1. The van der Waals surface area contributed by atoms with Gasteiger partial charge >= 0.3 is 0 Å². The summed E-state index contributed by atoms with van der Waals surface area (Å²) in [5.41, 5.74) is 2.80. The normalized spacial score (nSPS) is 11.7. The summed E-state index contributed by atoms with van der Waals surface area (Å²) >= 11 is 6.18. The Morgan fingerprint density at radius 1 is 1.13 bits per heavy atom. The van der Waals surface area contributed by atoms with Crippen molar-refractivity contribution in [2.75, 3.05) is 18.5 Å². The van der Waals surface area contributed by atoms with E-state index in [1.54, 1.807) is 0 Å². The molecule has 0 bridgehead atoms. The Morgan fingerprint density at radius 3 is 2.43 bits per heavy atom. The van der Waals surface area contributed by atoms with Crippen molar-refractivity contribution in [2.45, 2.75) is 45.4 Å². The maximum absolute atomic E-state index is 12.4. The zero-order valence-corrected chi connectivity index (χ0v) is 19.5. The van der Waals surface area contributed by atoms with Gasteiger partial charge in [-0.05, 0) is 48.1 Å². The van der Waals surface area contributed by atoms with Gasteiger partial charge < -0.3 is 10.1 Å². The van der Waals surface area contributed by atoms with Crippen molar-refractivity contribution in [2.24, 2.45) is 5.92 Å². The molecule has 0 atom stereocenters. The predicted octanol–water partition coefficient (Wildman–Crippen LogP) is 4.72. The third-order valence-corrected chi connectivity index (χ3v) is 6.16. The molecule has 8 heteroatoms. The van der Waals surface area contributed by atoms with E-state index in [1.807, 2.05) is 39.0 Å². The van der Waals surface area contributed by atoms with Crippen LogP contribution in [-0.4, -0.2) is 27.5 Å². The van der Waals surface area contributed by atoms with Gasteiger partial charge in [0.25, 0.3) is 5.91 Å². The highest BCUT2D eigenvalue weighted by molar-refractivity contribution is 7.89. The second-order valence-electron chi connectivity index (χ2n) is 7.87. The molecule has 6 nitrogen and oxygen atoms in total. The quantitative estimate of drug-likeness (QED) is 0.576. The molecule has 0 aliphatic carbocycles. The van der Waals surface area contributed by atoms with E-state index in [2.05, 4.69) is 23.9 Å². The second kappa shape index (κ2) is 10.3. The molecule has 2 aromatic rings. The summed E-state index contributed by atoms with van der Waals surface area (Å²) in [5.74, 6) is 0.358. The number of nitrogens with one attached hydrogen (secondary N) is 2. The number of benzene rings is 2. The number of sulfonamides is 1. The Kier molecular flexibility index (Phi) is 8.29. The van der Waals surface area contributed by atoms with Gasteiger partial charge in [0.05, 0.1) is 9.92 Å². The Morgan fingerprint density at radius 2 is 1.83 bits per heavy atom. The lowest BCUT2D eigenvalue weighted by molar-refractivity contribution is -0.118. The molecule has 2 N–H and O–H groups in total. The van der Waals surface area contributed by atoms with Crippen molar-refractivity contribution in [3.63, 3.8) is 0 Å². The van der Waals surface area contributed by atoms with Gasteiger partial charge in [-0.15, -0.1) is 0 Å². The van der Waals surface area contributed by atoms with Crippen LogP contribution in [0.4, 0.5) is 5.69 Å². The summed E-state index contributed by atoms with van der Waals surface area (Å²) in [6, 6.07) is 10.0. The summed E-state index contributed by atoms with van der Waals surface area (Å²) in [7, 11) is -3.65. The van der Waals surface area contributed by atoms with E-state index in [4.69, 9.17) is 16.3 Å². The number of halogens is 1. The molecular formula is C22H29ClN2O4S. The van der Waals surface area contributed by atoms with Gasteiger partial charge in [0, 0.05) is 12.2 Å². The molecule has 1 amide bonds. The van der Waals surface area contributed by atoms with Crippen LogP contribution in [0.5, 0.6) is 5.75 Å². The zero-order valence-electron chi connectivity index (χ0n) is 18.0. The number of carbonyl (C=O) groups excluding carboxylic acids is 1. The van der Waals surface area contributed by atoms with Crippen molar-refractivity contribution in [3.8, 4) is 5.75 Å². The van der Waals surface area contributed by atoms with Gasteiger partial charge in [-0.3, -0.25) is 4.79 Å². The molecule has 0 aromatic heterocycles. The summed E-state index contributed by atoms with van der Waals surface area (Å²) in [6.45, 7) is 9.97. The van der Waals surface area contributed by atoms with Gasteiger partial charge in [0.15, 0.2) is 6.61 Å². The standard InChI is InChI=1S/C22H29ClN2O4S/c1-14(2)12-24-30(27,28)17-9-10-20(19(23)11-17)29-13-21(26)25-22-16(5)7-6-8-18(22)15(3)4/h6-11,14-15,24H,12-13H2,1-5H3,(H,25,26). The largest absolute Gasteiger partial charge is 0.482 e. The summed E-state index contributed by atoms with van der Waals surface area (Å²) in [4.78, 5) is 12.5. The molecule has 2 aromatic carbocycles. The highest BCUT2D eigenvalue weighted by atomic mass is 35.5. The average Bonchev–Trinajstić information content (AvgIpc) is 2.66. The SMILES string of the molecule is Cc1cccc(C(C)C)c1NC(=O)COc1ccc(S(=O)(=O)NCC(C)C)cc1Cl. The molecule has 0 spiro atoms. The number of aryl methyl sites for hydroxylation is 1. The molecular weight excluding hydrogens is 424 g/mol. The van der Waals surface area contributed by atoms with Crippen molar-refractivity contribution in [1.82, 2.24) is 4.72 Å². The first-order valence-corrected chi connectivity index (χ1v) is 11.7. The van der Waals surface area contributed by atoms with Gasteiger partial charge in [0.1, 0.15) is 5.75 Å². The first-order valence-electron chi connectivity index (χ1n) is 9.82. The minimum absolute atomic E-state index is 0.0476. The van der Waals surface area contributed by atoms with Gasteiger partial charge in [0.2, 0.25) is 10.0 Å². The maximum atomic E-state index is 12.4. The number of para-hydroxylation sites is 1. The smallest absolute Gasteiger partial charge is 0.262 e. The van der Waals surface area contributed by atoms with Crippen LogP contribution in [0.2, 0.25) is 5.02 Å². The monoisotopic (exact) mass is 452 g/mol. The van der Waals surface area contributed by atoms with Crippen LogP contribution < -0.4 is 14.8 Å². The lowest BCUT2D eigenvalue weighted by Gasteiger charge is -2.17. The molecule has 2 rings (SSSR count). The van der Waals surface area contributed by atoms with Gasteiger partial charge in [-0.1, -0.05) is 57.5 Å².